The highest BCUT2D eigenvalue weighted by atomic mass is 19.3. The molecule has 0 aliphatic carbocycles. The van der Waals surface area contributed by atoms with Crippen LogP contribution >= 0.6 is 0 Å². The van der Waals surface area contributed by atoms with Gasteiger partial charge in [0.25, 0.3) is 0 Å². The Morgan fingerprint density at radius 2 is 1.79 bits per heavy atom. The van der Waals surface area contributed by atoms with Gasteiger partial charge in [0.2, 0.25) is 0 Å². The number of rotatable bonds is 6. The lowest BCUT2D eigenvalue weighted by atomic mass is 10.2. The highest BCUT2D eigenvalue weighted by Gasteiger charge is 2.21. The van der Waals surface area contributed by atoms with Gasteiger partial charge in [0.15, 0.2) is 0 Å². The lowest BCUT2D eigenvalue weighted by Gasteiger charge is -2.34. The van der Waals surface area contributed by atoms with E-state index < -0.39 is 6.61 Å². The number of carbonyl (C=O) groups excluding carboxylic acids is 1. The summed E-state index contributed by atoms with van der Waals surface area (Å²) < 4.78 is 34.1. The minimum Gasteiger partial charge on any atom is -0.497 e. The maximum absolute atomic E-state index is 12.4. The van der Waals surface area contributed by atoms with Crippen molar-refractivity contribution in [1.29, 1.82) is 0 Å². The number of amides is 2. The third-order valence-corrected chi connectivity index (χ3v) is 4.54. The number of halogens is 2. The highest BCUT2D eigenvalue weighted by molar-refractivity contribution is 5.89. The second kappa shape index (κ2) is 9.36. The highest BCUT2D eigenvalue weighted by Crippen LogP contribution is 2.20. The monoisotopic (exact) mass is 391 g/mol. The average molecular weight is 391 g/mol. The van der Waals surface area contributed by atoms with Gasteiger partial charge in [-0.1, -0.05) is 18.2 Å². The molecule has 1 aliphatic rings. The fourth-order valence-corrected chi connectivity index (χ4v) is 3.05. The minimum absolute atomic E-state index is 0.0112. The first-order valence-corrected chi connectivity index (χ1v) is 8.99. The van der Waals surface area contributed by atoms with E-state index in [1.165, 1.54) is 17.7 Å². The van der Waals surface area contributed by atoms with Crippen LogP contribution in [0.1, 0.15) is 5.56 Å². The molecule has 1 aliphatic heterocycles. The summed E-state index contributed by atoms with van der Waals surface area (Å²) in [5, 5.41) is 2.73. The number of urea groups is 1. The minimum atomic E-state index is -2.90. The second-order valence-corrected chi connectivity index (χ2v) is 6.45. The van der Waals surface area contributed by atoms with Crippen LogP contribution in [0.5, 0.6) is 11.5 Å². The number of benzene rings is 2. The van der Waals surface area contributed by atoms with Crippen LogP contribution in [0, 0.1) is 0 Å². The standard InChI is InChI=1S/C20H23F2N3O3/c1-27-17-7-5-15(6-8-17)14-24-9-11-25(12-10-24)20(26)23-16-3-2-4-18(13-16)28-19(21)22/h2-8,13,19H,9-12,14H2,1H3,(H,23,26). The van der Waals surface area contributed by atoms with E-state index in [9.17, 15) is 13.6 Å². The van der Waals surface area contributed by atoms with E-state index in [0.29, 0.717) is 18.8 Å². The summed E-state index contributed by atoms with van der Waals surface area (Å²) in [4.78, 5) is 16.4. The third-order valence-electron chi connectivity index (χ3n) is 4.54. The Kier molecular flexibility index (Phi) is 6.65. The average Bonchev–Trinajstić information content (AvgIpc) is 2.69. The van der Waals surface area contributed by atoms with Crippen molar-refractivity contribution in [2.75, 3.05) is 38.6 Å². The molecule has 0 unspecified atom stereocenters. The molecule has 1 fully saturated rings. The quantitative estimate of drug-likeness (QED) is 0.817. The Bertz CT molecular complexity index is 779. The van der Waals surface area contributed by atoms with Gasteiger partial charge in [-0.15, -0.1) is 0 Å². The van der Waals surface area contributed by atoms with Gasteiger partial charge in [0.05, 0.1) is 7.11 Å². The lowest BCUT2D eigenvalue weighted by molar-refractivity contribution is -0.0497. The topological polar surface area (TPSA) is 54.0 Å². The first-order chi connectivity index (χ1) is 13.5. The van der Waals surface area contributed by atoms with Gasteiger partial charge in [0, 0.05) is 44.5 Å². The number of anilines is 1. The molecule has 0 spiro atoms. The molecule has 1 heterocycles. The Labute approximate surface area is 162 Å². The van der Waals surface area contributed by atoms with E-state index in [1.54, 1.807) is 24.1 Å². The van der Waals surface area contributed by atoms with Crippen LogP contribution in [-0.4, -0.2) is 55.7 Å². The number of piperazine rings is 1. The maximum Gasteiger partial charge on any atom is 0.387 e. The Morgan fingerprint density at radius 3 is 2.43 bits per heavy atom. The fraction of sp³-hybridized carbons (Fsp3) is 0.350. The van der Waals surface area contributed by atoms with Gasteiger partial charge in [-0.2, -0.15) is 8.78 Å². The number of ether oxygens (including phenoxy) is 2. The molecule has 150 valence electrons. The molecule has 1 N–H and O–H groups in total. The Hall–Kier alpha value is -2.87. The Balaban J connectivity index is 1.48. The van der Waals surface area contributed by atoms with Gasteiger partial charge in [-0.05, 0) is 29.8 Å². The number of alkyl halides is 2. The van der Waals surface area contributed by atoms with Gasteiger partial charge in [-0.25, -0.2) is 4.79 Å². The molecule has 2 aromatic carbocycles. The SMILES string of the molecule is COc1ccc(CN2CCN(C(=O)Nc3cccc(OC(F)F)c3)CC2)cc1. The summed E-state index contributed by atoms with van der Waals surface area (Å²) in [7, 11) is 1.64. The van der Waals surface area contributed by atoms with Crippen LogP contribution in [0.4, 0.5) is 19.3 Å². The summed E-state index contributed by atoms with van der Waals surface area (Å²) >= 11 is 0. The molecule has 0 bridgehead atoms. The number of hydrogen-bond donors (Lipinski definition) is 1. The first kappa shape index (κ1) is 19.9. The van der Waals surface area contributed by atoms with Crippen LogP contribution in [-0.2, 0) is 6.54 Å². The van der Waals surface area contributed by atoms with E-state index >= 15 is 0 Å². The molecular formula is C20H23F2N3O3. The van der Waals surface area contributed by atoms with Gasteiger partial charge >= 0.3 is 12.6 Å². The maximum atomic E-state index is 12.4. The number of carbonyl (C=O) groups is 1. The zero-order chi connectivity index (χ0) is 19.9. The van der Waals surface area contributed by atoms with Crippen molar-refractivity contribution in [3.63, 3.8) is 0 Å². The van der Waals surface area contributed by atoms with Crippen LogP contribution in [0.3, 0.4) is 0 Å². The second-order valence-electron chi connectivity index (χ2n) is 6.45. The van der Waals surface area contributed by atoms with Crippen LogP contribution in [0.2, 0.25) is 0 Å². The molecule has 2 aromatic rings. The molecule has 28 heavy (non-hydrogen) atoms. The molecule has 1 saturated heterocycles. The summed E-state index contributed by atoms with van der Waals surface area (Å²) in [6.07, 6.45) is 0. The molecule has 0 aromatic heterocycles. The molecule has 0 atom stereocenters. The van der Waals surface area contributed by atoms with Crippen molar-refractivity contribution in [2.24, 2.45) is 0 Å². The van der Waals surface area contributed by atoms with Crippen LogP contribution in [0.15, 0.2) is 48.5 Å². The lowest BCUT2D eigenvalue weighted by Crippen LogP contribution is -2.49. The van der Waals surface area contributed by atoms with E-state index in [4.69, 9.17) is 4.74 Å². The van der Waals surface area contributed by atoms with Crippen LogP contribution < -0.4 is 14.8 Å². The van der Waals surface area contributed by atoms with Crippen molar-refractivity contribution in [2.45, 2.75) is 13.2 Å². The van der Waals surface area contributed by atoms with Crippen molar-refractivity contribution in [3.05, 3.63) is 54.1 Å². The number of hydrogen-bond acceptors (Lipinski definition) is 4. The molecular weight excluding hydrogens is 368 g/mol. The normalized spacial score (nSPS) is 14.8. The molecule has 8 heteroatoms. The Morgan fingerprint density at radius 1 is 1.07 bits per heavy atom. The summed E-state index contributed by atoms with van der Waals surface area (Å²) in [6.45, 7) is 0.614. The molecule has 3 rings (SSSR count). The van der Waals surface area contributed by atoms with Crippen molar-refractivity contribution < 1.29 is 23.0 Å². The van der Waals surface area contributed by atoms with E-state index in [-0.39, 0.29) is 11.8 Å². The van der Waals surface area contributed by atoms with E-state index in [1.807, 2.05) is 24.3 Å². The zero-order valence-corrected chi connectivity index (χ0v) is 15.6. The summed E-state index contributed by atoms with van der Waals surface area (Å²) in [5.74, 6) is 0.838. The van der Waals surface area contributed by atoms with Crippen LogP contribution in [0.25, 0.3) is 0 Å². The largest absolute Gasteiger partial charge is 0.497 e. The molecule has 2 amide bonds. The van der Waals surface area contributed by atoms with Crippen molar-refractivity contribution in [3.8, 4) is 11.5 Å². The predicted octanol–water partition coefficient (Wildman–Crippen LogP) is 3.65. The third kappa shape index (κ3) is 5.56. The molecule has 6 nitrogen and oxygen atoms in total. The zero-order valence-electron chi connectivity index (χ0n) is 15.6. The van der Waals surface area contributed by atoms with Crippen molar-refractivity contribution in [1.82, 2.24) is 9.80 Å². The molecule has 0 radical (unpaired) electrons. The number of methoxy groups -OCH3 is 1. The summed E-state index contributed by atoms with van der Waals surface area (Å²) in [6, 6.07) is 13.7. The summed E-state index contributed by atoms with van der Waals surface area (Å²) in [5.41, 5.74) is 1.61. The van der Waals surface area contributed by atoms with Gasteiger partial charge in [-0.3, -0.25) is 4.90 Å². The number of nitrogens with one attached hydrogen (secondary N) is 1. The smallest absolute Gasteiger partial charge is 0.387 e. The van der Waals surface area contributed by atoms with E-state index in [2.05, 4.69) is 15.0 Å². The molecule has 0 saturated carbocycles. The predicted molar refractivity (Wildman–Crippen MR) is 102 cm³/mol. The van der Waals surface area contributed by atoms with Gasteiger partial charge < -0.3 is 19.7 Å². The van der Waals surface area contributed by atoms with E-state index in [0.717, 1.165) is 25.4 Å². The fourth-order valence-electron chi connectivity index (χ4n) is 3.05. The number of nitrogens with zero attached hydrogens (tertiary/aromatic N) is 2. The van der Waals surface area contributed by atoms with Gasteiger partial charge in [0.1, 0.15) is 11.5 Å². The van der Waals surface area contributed by atoms with Crippen molar-refractivity contribution >= 4 is 11.7 Å². The first-order valence-electron chi connectivity index (χ1n) is 8.99.